The van der Waals surface area contributed by atoms with Crippen LogP contribution in [-0.2, 0) is 16.4 Å². The molecule has 0 aromatic carbocycles. The molecule has 0 radical (unpaired) electrons. The van der Waals surface area contributed by atoms with Crippen LogP contribution in [0.5, 0.6) is 0 Å². The van der Waals surface area contributed by atoms with Crippen molar-refractivity contribution in [3.8, 4) is 0 Å². The van der Waals surface area contributed by atoms with E-state index in [2.05, 4.69) is 15.1 Å². The summed E-state index contributed by atoms with van der Waals surface area (Å²) >= 11 is 0. The second kappa shape index (κ2) is 6.52. The first-order chi connectivity index (χ1) is 9.04. The van der Waals surface area contributed by atoms with Crippen molar-refractivity contribution in [3.63, 3.8) is 0 Å². The summed E-state index contributed by atoms with van der Waals surface area (Å²) in [4.78, 5) is 0. The lowest BCUT2D eigenvalue weighted by atomic mass is 9.96. The van der Waals surface area contributed by atoms with E-state index in [0.29, 0.717) is 19.1 Å². The molecule has 19 heavy (non-hydrogen) atoms. The van der Waals surface area contributed by atoms with Gasteiger partial charge in [0, 0.05) is 25.5 Å². The minimum absolute atomic E-state index is 0.177. The molecule has 1 aliphatic rings. The number of sulfone groups is 1. The third-order valence-electron chi connectivity index (χ3n) is 3.57. The van der Waals surface area contributed by atoms with Crippen molar-refractivity contribution < 1.29 is 8.42 Å². The average Bonchev–Trinajstić information content (AvgIpc) is 2.83. The molecule has 1 aromatic rings. The SMILES string of the molecule is CS(=O)(=O)CCNCc1ccn(C2CCCCC2)n1. The van der Waals surface area contributed by atoms with E-state index in [0.717, 1.165) is 5.69 Å². The monoisotopic (exact) mass is 285 g/mol. The normalized spacial score (nSPS) is 17.7. The zero-order valence-corrected chi connectivity index (χ0v) is 12.3. The molecule has 1 aliphatic carbocycles. The van der Waals surface area contributed by atoms with Crippen molar-refractivity contribution in [3.05, 3.63) is 18.0 Å². The van der Waals surface area contributed by atoms with E-state index in [1.807, 2.05) is 12.3 Å². The molecular formula is C13H23N3O2S. The molecule has 0 aliphatic heterocycles. The van der Waals surface area contributed by atoms with Gasteiger partial charge >= 0.3 is 0 Å². The highest BCUT2D eigenvalue weighted by molar-refractivity contribution is 7.90. The molecule has 5 nitrogen and oxygen atoms in total. The van der Waals surface area contributed by atoms with E-state index < -0.39 is 9.84 Å². The van der Waals surface area contributed by atoms with Gasteiger partial charge in [-0.2, -0.15) is 5.10 Å². The number of nitrogens with zero attached hydrogens (tertiary/aromatic N) is 2. The van der Waals surface area contributed by atoms with Gasteiger partial charge in [0.05, 0.1) is 17.5 Å². The highest BCUT2D eigenvalue weighted by atomic mass is 32.2. The van der Waals surface area contributed by atoms with Crippen LogP contribution >= 0.6 is 0 Å². The van der Waals surface area contributed by atoms with Crippen molar-refractivity contribution in [1.29, 1.82) is 0 Å². The molecule has 0 amide bonds. The maximum Gasteiger partial charge on any atom is 0.148 e. The molecule has 0 saturated heterocycles. The number of hydrogen-bond acceptors (Lipinski definition) is 4. The molecule has 0 unspecified atom stereocenters. The zero-order valence-electron chi connectivity index (χ0n) is 11.5. The van der Waals surface area contributed by atoms with Crippen LogP contribution in [0.3, 0.4) is 0 Å². The van der Waals surface area contributed by atoms with Gasteiger partial charge in [0.2, 0.25) is 0 Å². The highest BCUT2D eigenvalue weighted by Gasteiger charge is 2.15. The fourth-order valence-electron chi connectivity index (χ4n) is 2.49. The van der Waals surface area contributed by atoms with Gasteiger partial charge in [-0.05, 0) is 18.9 Å². The summed E-state index contributed by atoms with van der Waals surface area (Å²) in [5.41, 5.74) is 0.985. The zero-order chi connectivity index (χ0) is 13.7. The highest BCUT2D eigenvalue weighted by Crippen LogP contribution is 2.27. The van der Waals surface area contributed by atoms with Crippen LogP contribution in [0.2, 0.25) is 0 Å². The fourth-order valence-corrected chi connectivity index (χ4v) is 3.01. The molecule has 1 aromatic heterocycles. The van der Waals surface area contributed by atoms with Gasteiger partial charge in [0.1, 0.15) is 9.84 Å². The van der Waals surface area contributed by atoms with Crippen LogP contribution in [0.4, 0.5) is 0 Å². The van der Waals surface area contributed by atoms with E-state index >= 15 is 0 Å². The Morgan fingerprint density at radius 2 is 2.11 bits per heavy atom. The largest absolute Gasteiger partial charge is 0.310 e. The molecule has 0 atom stereocenters. The van der Waals surface area contributed by atoms with Gasteiger partial charge in [-0.15, -0.1) is 0 Å². The smallest absolute Gasteiger partial charge is 0.148 e. The van der Waals surface area contributed by atoms with Crippen LogP contribution in [0.25, 0.3) is 0 Å². The molecule has 1 N–H and O–H groups in total. The van der Waals surface area contributed by atoms with E-state index in [1.54, 1.807) is 0 Å². The van der Waals surface area contributed by atoms with Crippen molar-refractivity contribution in [2.24, 2.45) is 0 Å². The average molecular weight is 285 g/mol. The Hall–Kier alpha value is -0.880. The standard InChI is InChI=1S/C13H23N3O2S/c1-19(17,18)10-8-14-11-12-7-9-16(15-12)13-5-3-2-4-6-13/h7,9,13-14H,2-6,8,10-11H2,1H3. The van der Waals surface area contributed by atoms with Crippen molar-refractivity contribution in [1.82, 2.24) is 15.1 Å². The van der Waals surface area contributed by atoms with Gasteiger partial charge in [0.15, 0.2) is 0 Å². The predicted molar refractivity (Wildman–Crippen MR) is 75.8 cm³/mol. The third kappa shape index (κ3) is 4.95. The maximum atomic E-state index is 11.0. The molecule has 108 valence electrons. The van der Waals surface area contributed by atoms with Crippen LogP contribution in [-0.4, -0.2) is 36.8 Å². The first kappa shape index (κ1) is 14.5. The van der Waals surface area contributed by atoms with Gasteiger partial charge in [-0.25, -0.2) is 8.42 Å². The van der Waals surface area contributed by atoms with E-state index in [-0.39, 0.29) is 5.75 Å². The number of aromatic nitrogens is 2. The van der Waals surface area contributed by atoms with Gasteiger partial charge in [-0.1, -0.05) is 19.3 Å². The Morgan fingerprint density at radius 3 is 2.79 bits per heavy atom. The first-order valence-electron chi connectivity index (χ1n) is 6.97. The van der Waals surface area contributed by atoms with Crippen LogP contribution in [0.15, 0.2) is 12.3 Å². The second-order valence-corrected chi connectivity index (χ2v) is 7.65. The minimum atomic E-state index is -2.88. The Bertz CT molecular complexity index is 490. The van der Waals surface area contributed by atoms with Crippen LogP contribution in [0, 0.1) is 0 Å². The summed E-state index contributed by atoms with van der Waals surface area (Å²) in [7, 11) is -2.88. The Balaban J connectivity index is 1.77. The summed E-state index contributed by atoms with van der Waals surface area (Å²) < 4.78 is 24.1. The van der Waals surface area contributed by atoms with Crippen LogP contribution < -0.4 is 5.32 Å². The summed E-state index contributed by atoms with van der Waals surface area (Å²) in [6, 6.07) is 2.57. The quantitative estimate of drug-likeness (QED) is 0.805. The molecule has 1 heterocycles. The Labute approximate surface area is 115 Å². The fraction of sp³-hybridized carbons (Fsp3) is 0.769. The van der Waals surface area contributed by atoms with Crippen LogP contribution in [0.1, 0.15) is 43.8 Å². The van der Waals surface area contributed by atoms with Gasteiger partial charge < -0.3 is 5.32 Å². The maximum absolute atomic E-state index is 11.0. The van der Waals surface area contributed by atoms with Crippen molar-refractivity contribution in [2.75, 3.05) is 18.6 Å². The summed E-state index contributed by atoms with van der Waals surface area (Å²) in [5, 5.41) is 7.69. The first-order valence-corrected chi connectivity index (χ1v) is 9.03. The third-order valence-corrected chi connectivity index (χ3v) is 4.51. The van der Waals surface area contributed by atoms with E-state index in [1.165, 1.54) is 38.4 Å². The molecule has 1 fully saturated rings. The second-order valence-electron chi connectivity index (χ2n) is 5.39. The number of nitrogens with one attached hydrogen (secondary N) is 1. The van der Waals surface area contributed by atoms with E-state index in [4.69, 9.17) is 0 Å². The van der Waals surface area contributed by atoms with Crippen molar-refractivity contribution in [2.45, 2.75) is 44.7 Å². The lowest BCUT2D eigenvalue weighted by Gasteiger charge is -2.21. The number of hydrogen-bond donors (Lipinski definition) is 1. The molecular weight excluding hydrogens is 262 g/mol. The molecule has 6 heteroatoms. The summed E-state index contributed by atoms with van der Waals surface area (Å²) in [6.07, 6.45) is 9.69. The molecule has 1 saturated carbocycles. The molecule has 0 bridgehead atoms. The Morgan fingerprint density at radius 1 is 1.37 bits per heavy atom. The summed E-state index contributed by atoms with van der Waals surface area (Å²) in [6.45, 7) is 1.12. The molecule has 0 spiro atoms. The summed E-state index contributed by atoms with van der Waals surface area (Å²) in [5.74, 6) is 0.177. The van der Waals surface area contributed by atoms with Crippen molar-refractivity contribution >= 4 is 9.84 Å². The topological polar surface area (TPSA) is 64.0 Å². The van der Waals surface area contributed by atoms with E-state index in [9.17, 15) is 8.42 Å². The Kier molecular flexibility index (Phi) is 4.99. The van der Waals surface area contributed by atoms with Gasteiger partial charge in [0.25, 0.3) is 0 Å². The van der Waals surface area contributed by atoms with Gasteiger partial charge in [-0.3, -0.25) is 4.68 Å². The predicted octanol–water partition coefficient (Wildman–Crippen LogP) is 1.52. The minimum Gasteiger partial charge on any atom is -0.310 e. The lowest BCUT2D eigenvalue weighted by Crippen LogP contribution is -2.22. The molecule has 2 rings (SSSR count). The lowest BCUT2D eigenvalue weighted by molar-refractivity contribution is 0.328. The number of rotatable bonds is 6.